The normalized spacial score (nSPS) is 18.2. The second-order valence-electron chi connectivity index (χ2n) is 10.8. The highest BCUT2D eigenvalue weighted by Gasteiger charge is 2.21. The van der Waals surface area contributed by atoms with Crippen LogP contribution in [0.25, 0.3) is 0 Å². The van der Waals surface area contributed by atoms with E-state index in [-0.39, 0.29) is 25.2 Å². The van der Waals surface area contributed by atoms with Gasteiger partial charge in [0, 0.05) is 12.8 Å². The second-order valence-corrected chi connectivity index (χ2v) is 10.8. The number of carbonyl (C=O) groups excluding carboxylic acids is 2. The van der Waals surface area contributed by atoms with E-state index in [1.165, 1.54) is 103 Å². The van der Waals surface area contributed by atoms with Crippen LogP contribution in [0.15, 0.2) is 0 Å². The highest BCUT2D eigenvalue weighted by molar-refractivity contribution is 5.70. The van der Waals surface area contributed by atoms with Gasteiger partial charge in [-0.1, -0.05) is 103 Å². The highest BCUT2D eigenvalue weighted by atomic mass is 16.6. The topological polar surface area (TPSA) is 77.7 Å². The van der Waals surface area contributed by atoms with Gasteiger partial charge in [0.2, 0.25) is 0 Å². The SMILES string of the molecule is O=C(CCCCCCCCCCCC1CO1)OCCOC(=O)CCCCCCCCCCCC1CO1. The Morgan fingerprint density at radius 1 is 0.472 bits per heavy atom. The largest absolute Gasteiger partial charge is 0.462 e. The molecule has 0 aromatic rings. The zero-order valence-corrected chi connectivity index (χ0v) is 23.0. The summed E-state index contributed by atoms with van der Waals surface area (Å²) in [5.41, 5.74) is 0. The molecule has 2 aliphatic rings. The molecular formula is C30H54O6. The van der Waals surface area contributed by atoms with Crippen LogP contribution in [0.3, 0.4) is 0 Å². The van der Waals surface area contributed by atoms with Crippen molar-refractivity contribution in [3.8, 4) is 0 Å². The number of hydrogen-bond acceptors (Lipinski definition) is 6. The number of unbranched alkanes of at least 4 members (excludes halogenated alkanes) is 16. The number of carbonyl (C=O) groups is 2. The van der Waals surface area contributed by atoms with E-state index in [0.29, 0.717) is 25.0 Å². The third kappa shape index (κ3) is 21.0. The van der Waals surface area contributed by atoms with E-state index in [1.54, 1.807) is 0 Å². The van der Waals surface area contributed by atoms with Crippen LogP contribution in [-0.2, 0) is 28.5 Å². The van der Waals surface area contributed by atoms with Crippen LogP contribution in [0, 0.1) is 0 Å². The van der Waals surface area contributed by atoms with Gasteiger partial charge in [-0.3, -0.25) is 9.59 Å². The van der Waals surface area contributed by atoms with Crippen molar-refractivity contribution in [2.75, 3.05) is 26.4 Å². The lowest BCUT2D eigenvalue weighted by Crippen LogP contribution is -2.13. The lowest BCUT2D eigenvalue weighted by atomic mass is 10.1. The van der Waals surface area contributed by atoms with E-state index in [0.717, 1.165) is 38.9 Å². The fourth-order valence-electron chi connectivity index (χ4n) is 4.68. The number of rotatable bonds is 27. The monoisotopic (exact) mass is 510 g/mol. The maximum Gasteiger partial charge on any atom is 0.305 e. The maximum atomic E-state index is 11.8. The van der Waals surface area contributed by atoms with E-state index in [1.807, 2.05) is 0 Å². The lowest BCUT2D eigenvalue weighted by Gasteiger charge is -2.07. The van der Waals surface area contributed by atoms with Crippen molar-refractivity contribution in [2.45, 2.75) is 153 Å². The van der Waals surface area contributed by atoms with E-state index in [4.69, 9.17) is 18.9 Å². The number of hydrogen-bond donors (Lipinski definition) is 0. The number of epoxide rings is 2. The van der Waals surface area contributed by atoms with Crippen LogP contribution in [-0.4, -0.2) is 50.6 Å². The number of esters is 2. The third-order valence-electron chi connectivity index (χ3n) is 7.23. The van der Waals surface area contributed by atoms with Crippen molar-refractivity contribution in [1.82, 2.24) is 0 Å². The predicted octanol–water partition coefficient (Wildman–Crippen LogP) is 7.45. The van der Waals surface area contributed by atoms with Crippen molar-refractivity contribution >= 4 is 11.9 Å². The van der Waals surface area contributed by atoms with Crippen LogP contribution in [0.4, 0.5) is 0 Å². The fraction of sp³-hybridized carbons (Fsp3) is 0.933. The first-order valence-corrected chi connectivity index (χ1v) is 15.3. The summed E-state index contributed by atoms with van der Waals surface area (Å²) in [5, 5.41) is 0. The Labute approximate surface area is 220 Å². The van der Waals surface area contributed by atoms with Crippen molar-refractivity contribution in [1.29, 1.82) is 0 Å². The molecule has 0 N–H and O–H groups in total. The molecular weight excluding hydrogens is 456 g/mol. The Morgan fingerprint density at radius 3 is 1.06 bits per heavy atom. The summed E-state index contributed by atoms with van der Waals surface area (Å²) < 4.78 is 20.8. The van der Waals surface area contributed by atoms with Gasteiger partial charge in [-0.2, -0.15) is 0 Å². The van der Waals surface area contributed by atoms with Crippen molar-refractivity contribution in [2.24, 2.45) is 0 Å². The van der Waals surface area contributed by atoms with Gasteiger partial charge in [-0.15, -0.1) is 0 Å². The van der Waals surface area contributed by atoms with Gasteiger partial charge >= 0.3 is 11.9 Å². The standard InChI is InChI=1S/C30H54O6/c31-29(21-17-13-9-5-1-3-7-11-15-19-27-25-35-27)33-23-24-34-30(32)22-18-14-10-6-2-4-8-12-16-20-28-26-36-28/h27-28H,1-26H2. The molecule has 36 heavy (non-hydrogen) atoms. The quantitative estimate of drug-likeness (QED) is 0.0648. The maximum absolute atomic E-state index is 11.8. The highest BCUT2D eigenvalue weighted by Crippen LogP contribution is 2.19. The molecule has 2 unspecified atom stereocenters. The minimum atomic E-state index is -0.178. The molecule has 0 bridgehead atoms. The average Bonchev–Trinajstić information content (AvgIpc) is 3.79. The molecule has 0 aromatic heterocycles. The molecule has 0 radical (unpaired) electrons. The summed E-state index contributed by atoms with van der Waals surface area (Å²) >= 11 is 0. The first-order valence-electron chi connectivity index (χ1n) is 15.3. The molecule has 2 fully saturated rings. The summed E-state index contributed by atoms with van der Waals surface area (Å²) in [4.78, 5) is 23.6. The minimum absolute atomic E-state index is 0.172. The van der Waals surface area contributed by atoms with E-state index < -0.39 is 0 Å². The van der Waals surface area contributed by atoms with Crippen LogP contribution >= 0.6 is 0 Å². The molecule has 0 spiro atoms. The van der Waals surface area contributed by atoms with Gasteiger partial charge in [-0.25, -0.2) is 0 Å². The van der Waals surface area contributed by atoms with Crippen molar-refractivity contribution in [3.63, 3.8) is 0 Å². The Balaban J connectivity index is 1.21. The van der Waals surface area contributed by atoms with E-state index in [2.05, 4.69) is 0 Å². The molecule has 2 aliphatic heterocycles. The fourth-order valence-corrected chi connectivity index (χ4v) is 4.68. The van der Waals surface area contributed by atoms with Crippen LogP contribution < -0.4 is 0 Å². The summed E-state index contributed by atoms with van der Waals surface area (Å²) in [6, 6.07) is 0. The van der Waals surface area contributed by atoms with Gasteiger partial charge in [0.25, 0.3) is 0 Å². The predicted molar refractivity (Wildman–Crippen MR) is 143 cm³/mol. The smallest absolute Gasteiger partial charge is 0.305 e. The zero-order chi connectivity index (χ0) is 25.5. The molecule has 0 aliphatic carbocycles. The van der Waals surface area contributed by atoms with Crippen molar-refractivity contribution < 1.29 is 28.5 Å². The first-order chi connectivity index (χ1) is 17.7. The van der Waals surface area contributed by atoms with Crippen LogP contribution in [0.5, 0.6) is 0 Å². The molecule has 6 heteroatoms. The van der Waals surface area contributed by atoms with Crippen molar-refractivity contribution in [3.05, 3.63) is 0 Å². The summed E-state index contributed by atoms with van der Waals surface area (Å²) in [6.45, 7) is 2.31. The molecule has 0 saturated carbocycles. The zero-order valence-electron chi connectivity index (χ0n) is 23.0. The summed E-state index contributed by atoms with van der Waals surface area (Å²) in [5.74, 6) is -0.356. The van der Waals surface area contributed by atoms with Crippen LogP contribution in [0.2, 0.25) is 0 Å². The molecule has 6 nitrogen and oxygen atoms in total. The first kappa shape index (κ1) is 31.1. The molecule has 2 rings (SSSR count). The molecule has 2 atom stereocenters. The molecule has 210 valence electrons. The van der Waals surface area contributed by atoms with Gasteiger partial charge in [0.15, 0.2) is 0 Å². The van der Waals surface area contributed by atoms with Gasteiger partial charge in [0.1, 0.15) is 13.2 Å². The van der Waals surface area contributed by atoms with Gasteiger partial charge in [-0.05, 0) is 25.7 Å². The molecule has 2 saturated heterocycles. The van der Waals surface area contributed by atoms with Crippen LogP contribution in [0.1, 0.15) is 141 Å². The average molecular weight is 511 g/mol. The van der Waals surface area contributed by atoms with Gasteiger partial charge in [0.05, 0.1) is 25.4 Å². The molecule has 2 heterocycles. The Bertz CT molecular complexity index is 496. The minimum Gasteiger partial charge on any atom is -0.462 e. The number of ether oxygens (including phenoxy) is 4. The lowest BCUT2D eigenvalue weighted by molar-refractivity contribution is -0.152. The van der Waals surface area contributed by atoms with E-state index in [9.17, 15) is 9.59 Å². The summed E-state index contributed by atoms with van der Waals surface area (Å²) in [6.07, 6.45) is 26.6. The third-order valence-corrected chi connectivity index (χ3v) is 7.23. The Hall–Kier alpha value is -1.14. The van der Waals surface area contributed by atoms with E-state index >= 15 is 0 Å². The van der Waals surface area contributed by atoms with Gasteiger partial charge < -0.3 is 18.9 Å². The summed E-state index contributed by atoms with van der Waals surface area (Å²) in [7, 11) is 0. The Kier molecular flexibility index (Phi) is 18.9. The molecule has 0 amide bonds. The Morgan fingerprint density at radius 2 is 0.750 bits per heavy atom. The second kappa shape index (κ2) is 21.9. The molecule has 0 aromatic carbocycles.